The van der Waals surface area contributed by atoms with Gasteiger partial charge in [-0.25, -0.2) is 8.42 Å². The Morgan fingerprint density at radius 1 is 1.24 bits per heavy atom. The van der Waals surface area contributed by atoms with Gasteiger partial charge in [-0.2, -0.15) is 4.31 Å². The predicted octanol–water partition coefficient (Wildman–Crippen LogP) is 2.55. The zero-order valence-corrected chi connectivity index (χ0v) is 17.6. The normalized spacial score (nSPS) is 13.5. The topological polar surface area (TPSA) is 105 Å². The van der Waals surface area contributed by atoms with E-state index >= 15 is 0 Å². The third kappa shape index (κ3) is 4.52. The number of sulfonamides is 1. The predicted molar refractivity (Wildman–Crippen MR) is 110 cm³/mol. The van der Waals surface area contributed by atoms with Crippen LogP contribution in [-0.4, -0.2) is 44.7 Å². The van der Waals surface area contributed by atoms with Crippen molar-refractivity contribution in [3.63, 3.8) is 0 Å². The van der Waals surface area contributed by atoms with Gasteiger partial charge in [0.1, 0.15) is 10.6 Å². The average Bonchev–Trinajstić information content (AvgIpc) is 2.63. The molecule has 2 N–H and O–H groups in total. The number of anilines is 2. The van der Waals surface area contributed by atoms with Crippen LogP contribution in [0.1, 0.15) is 11.1 Å². The fourth-order valence-electron chi connectivity index (χ4n) is 2.75. The second-order valence-electron chi connectivity index (χ2n) is 6.72. The summed E-state index contributed by atoms with van der Waals surface area (Å²) in [6.07, 6.45) is 0. The van der Waals surface area contributed by atoms with Gasteiger partial charge in [0, 0.05) is 18.8 Å². The van der Waals surface area contributed by atoms with E-state index in [1.165, 1.54) is 19.2 Å². The number of nitrogens with one attached hydrogen (secondary N) is 2. The molecule has 0 unspecified atom stereocenters. The lowest BCUT2D eigenvalue weighted by molar-refractivity contribution is -0.118. The van der Waals surface area contributed by atoms with E-state index in [-0.39, 0.29) is 28.2 Å². The first-order valence-electron chi connectivity index (χ1n) is 8.67. The van der Waals surface area contributed by atoms with Crippen molar-refractivity contribution in [1.29, 1.82) is 0 Å². The molecule has 3 rings (SSSR count). The van der Waals surface area contributed by atoms with Crippen LogP contribution >= 0.6 is 11.6 Å². The van der Waals surface area contributed by atoms with Crippen molar-refractivity contribution in [2.24, 2.45) is 0 Å². The summed E-state index contributed by atoms with van der Waals surface area (Å²) in [7, 11) is -2.79. The summed E-state index contributed by atoms with van der Waals surface area (Å²) < 4.78 is 32.0. The van der Waals surface area contributed by atoms with Gasteiger partial charge in [-0.1, -0.05) is 17.7 Å². The summed E-state index contributed by atoms with van der Waals surface area (Å²) in [4.78, 5) is 23.5. The number of hydrogen-bond donors (Lipinski definition) is 2. The van der Waals surface area contributed by atoms with Crippen molar-refractivity contribution in [3.05, 3.63) is 46.5 Å². The average molecular weight is 438 g/mol. The maximum atomic E-state index is 12.9. The Kier molecular flexibility index (Phi) is 5.83. The molecule has 1 aliphatic heterocycles. The Labute approximate surface area is 173 Å². The maximum absolute atomic E-state index is 12.9. The van der Waals surface area contributed by atoms with Gasteiger partial charge in [0.15, 0.2) is 6.61 Å². The molecule has 8 nitrogen and oxygen atoms in total. The molecule has 0 saturated heterocycles. The van der Waals surface area contributed by atoms with E-state index in [0.29, 0.717) is 11.4 Å². The van der Waals surface area contributed by atoms with E-state index in [1.807, 2.05) is 26.0 Å². The maximum Gasteiger partial charge on any atom is 0.262 e. The first-order valence-corrected chi connectivity index (χ1v) is 10.5. The summed E-state index contributed by atoms with van der Waals surface area (Å²) in [6, 6.07) is 7.99. The molecule has 0 aliphatic carbocycles. The molecule has 0 spiro atoms. The Bertz CT molecular complexity index is 1100. The standard InChI is InChI=1S/C19H20ClN3O5S/c1-11-4-5-13(6-12(11)2)21-18(24)9-23(3)29(26,27)17-8-16-15(7-14(17)20)22-19(25)10-28-16/h4-8H,9-10H2,1-3H3,(H,21,24)(H,22,25). The van der Waals surface area contributed by atoms with Gasteiger partial charge in [-0.3, -0.25) is 9.59 Å². The highest BCUT2D eigenvalue weighted by Gasteiger charge is 2.28. The summed E-state index contributed by atoms with van der Waals surface area (Å²) in [6.45, 7) is 3.26. The van der Waals surface area contributed by atoms with Crippen LogP contribution in [0.15, 0.2) is 35.2 Å². The minimum atomic E-state index is -4.07. The molecule has 10 heteroatoms. The van der Waals surface area contributed by atoms with E-state index in [1.54, 1.807) is 6.07 Å². The second kappa shape index (κ2) is 8.02. The lowest BCUT2D eigenvalue weighted by Gasteiger charge is -2.22. The number of carbonyl (C=O) groups excluding carboxylic acids is 2. The lowest BCUT2D eigenvalue weighted by atomic mass is 10.1. The Balaban J connectivity index is 1.77. The Morgan fingerprint density at radius 2 is 1.97 bits per heavy atom. The number of likely N-dealkylation sites (N-methyl/N-ethyl adjacent to an activating group) is 1. The third-order valence-electron chi connectivity index (χ3n) is 4.51. The van der Waals surface area contributed by atoms with Gasteiger partial charge < -0.3 is 15.4 Å². The number of benzene rings is 2. The smallest absolute Gasteiger partial charge is 0.262 e. The molecule has 2 aromatic carbocycles. The monoisotopic (exact) mass is 437 g/mol. The number of aryl methyl sites for hydroxylation is 2. The quantitative estimate of drug-likeness (QED) is 0.747. The van der Waals surface area contributed by atoms with Crippen LogP contribution in [0.5, 0.6) is 5.75 Å². The van der Waals surface area contributed by atoms with Crippen LogP contribution in [0, 0.1) is 13.8 Å². The summed E-state index contributed by atoms with van der Waals surface area (Å²) in [5, 5.41) is 5.15. The zero-order chi connectivity index (χ0) is 21.3. The highest BCUT2D eigenvalue weighted by atomic mass is 35.5. The van der Waals surface area contributed by atoms with E-state index in [9.17, 15) is 18.0 Å². The van der Waals surface area contributed by atoms with Crippen molar-refractivity contribution < 1.29 is 22.7 Å². The minimum absolute atomic E-state index is 0.0871. The van der Waals surface area contributed by atoms with Crippen LogP contribution in [0.3, 0.4) is 0 Å². The molecule has 0 saturated carbocycles. The molecule has 0 bridgehead atoms. The fourth-order valence-corrected chi connectivity index (χ4v) is 4.39. The molecule has 0 atom stereocenters. The number of ether oxygens (including phenoxy) is 1. The molecule has 1 heterocycles. The molecule has 0 fully saturated rings. The van der Waals surface area contributed by atoms with Gasteiger partial charge in [0.25, 0.3) is 5.91 Å². The number of hydrogen-bond acceptors (Lipinski definition) is 5. The van der Waals surface area contributed by atoms with Gasteiger partial charge in [0.05, 0.1) is 17.3 Å². The molecule has 154 valence electrons. The number of amides is 2. The molecule has 0 aromatic heterocycles. The van der Waals surface area contributed by atoms with Crippen molar-refractivity contribution in [2.75, 3.05) is 30.8 Å². The van der Waals surface area contributed by atoms with Crippen LogP contribution in [-0.2, 0) is 19.6 Å². The molecule has 29 heavy (non-hydrogen) atoms. The number of rotatable bonds is 5. The first-order chi connectivity index (χ1) is 13.6. The van der Waals surface area contributed by atoms with Crippen LogP contribution in [0.2, 0.25) is 5.02 Å². The van der Waals surface area contributed by atoms with Gasteiger partial charge >= 0.3 is 0 Å². The molecule has 0 radical (unpaired) electrons. The molecule has 2 aromatic rings. The largest absolute Gasteiger partial charge is 0.482 e. The van der Waals surface area contributed by atoms with Crippen molar-refractivity contribution in [3.8, 4) is 5.75 Å². The summed E-state index contributed by atoms with van der Waals surface area (Å²) in [5.74, 6) is -0.651. The first kappa shape index (κ1) is 21.1. The fraction of sp³-hybridized carbons (Fsp3) is 0.263. The molecule has 2 amide bonds. The van der Waals surface area contributed by atoms with Gasteiger partial charge in [-0.15, -0.1) is 0 Å². The van der Waals surface area contributed by atoms with Crippen LogP contribution in [0.25, 0.3) is 0 Å². The van der Waals surface area contributed by atoms with E-state index < -0.39 is 22.5 Å². The summed E-state index contributed by atoms with van der Waals surface area (Å²) >= 11 is 6.12. The SMILES string of the molecule is Cc1ccc(NC(=O)CN(C)S(=O)(=O)c2cc3c(cc2Cl)NC(=O)CO3)cc1C. The van der Waals surface area contributed by atoms with Crippen LogP contribution < -0.4 is 15.4 Å². The number of nitrogens with zero attached hydrogens (tertiary/aromatic N) is 1. The minimum Gasteiger partial charge on any atom is -0.482 e. The van der Waals surface area contributed by atoms with E-state index in [0.717, 1.165) is 15.4 Å². The van der Waals surface area contributed by atoms with Crippen molar-refractivity contribution >= 4 is 44.8 Å². The summed E-state index contributed by atoms with van der Waals surface area (Å²) in [5.41, 5.74) is 2.97. The highest BCUT2D eigenvalue weighted by molar-refractivity contribution is 7.89. The number of fused-ring (bicyclic) bond motifs is 1. The zero-order valence-electron chi connectivity index (χ0n) is 16.1. The van der Waals surface area contributed by atoms with E-state index in [4.69, 9.17) is 16.3 Å². The van der Waals surface area contributed by atoms with E-state index in [2.05, 4.69) is 10.6 Å². The molecular weight excluding hydrogens is 418 g/mol. The Hall–Kier alpha value is -2.62. The lowest BCUT2D eigenvalue weighted by Crippen LogP contribution is -2.35. The Morgan fingerprint density at radius 3 is 2.66 bits per heavy atom. The number of carbonyl (C=O) groups is 2. The van der Waals surface area contributed by atoms with Crippen molar-refractivity contribution in [1.82, 2.24) is 4.31 Å². The van der Waals surface area contributed by atoms with Crippen molar-refractivity contribution in [2.45, 2.75) is 18.7 Å². The van der Waals surface area contributed by atoms with Gasteiger partial charge in [0.2, 0.25) is 15.9 Å². The highest BCUT2D eigenvalue weighted by Crippen LogP contribution is 2.36. The molecular formula is C19H20ClN3O5S. The second-order valence-corrected chi connectivity index (χ2v) is 9.14. The molecule has 1 aliphatic rings. The third-order valence-corrected chi connectivity index (χ3v) is 6.78. The van der Waals surface area contributed by atoms with Crippen LogP contribution in [0.4, 0.5) is 11.4 Å². The number of halogens is 1. The van der Waals surface area contributed by atoms with Gasteiger partial charge in [-0.05, 0) is 43.2 Å².